The molecule has 2 aliphatic rings. The Labute approximate surface area is 186 Å². The van der Waals surface area contributed by atoms with Crippen LogP contribution in [0, 0.1) is 0 Å². The second kappa shape index (κ2) is 9.56. The average Bonchev–Trinajstić information content (AvgIpc) is 3.43. The van der Waals surface area contributed by atoms with Crippen molar-refractivity contribution in [2.75, 3.05) is 18.4 Å². The Morgan fingerprint density at radius 1 is 1.09 bits per heavy atom. The Bertz CT molecular complexity index is 1110. The van der Waals surface area contributed by atoms with E-state index >= 15 is 0 Å². The van der Waals surface area contributed by atoms with E-state index in [-0.39, 0.29) is 22.5 Å². The van der Waals surface area contributed by atoms with Crippen molar-refractivity contribution in [2.24, 2.45) is 4.99 Å². The van der Waals surface area contributed by atoms with Gasteiger partial charge in [0.15, 0.2) is 5.76 Å². The molecule has 32 heavy (non-hydrogen) atoms. The second-order valence-corrected chi connectivity index (χ2v) is 9.58. The monoisotopic (exact) mass is 458 g/mol. The number of nitrogens with zero attached hydrogens (tertiary/aromatic N) is 2. The van der Waals surface area contributed by atoms with Gasteiger partial charge in [-0.15, -0.1) is 0 Å². The predicted octanol–water partition coefficient (Wildman–Crippen LogP) is 2.77. The molecule has 3 heterocycles. The molecule has 2 aliphatic heterocycles. The number of amides is 2. The smallest absolute Gasteiger partial charge is 0.290 e. The number of amidine groups is 1. The number of anilines is 1. The van der Waals surface area contributed by atoms with Crippen LogP contribution in [-0.4, -0.2) is 50.1 Å². The van der Waals surface area contributed by atoms with Crippen molar-refractivity contribution in [3.05, 3.63) is 48.4 Å². The zero-order valence-corrected chi connectivity index (χ0v) is 18.4. The summed E-state index contributed by atoms with van der Waals surface area (Å²) in [7, 11) is -3.82. The summed E-state index contributed by atoms with van der Waals surface area (Å²) in [5, 5.41) is 2.75. The summed E-state index contributed by atoms with van der Waals surface area (Å²) in [5.41, 5.74) is 0.345. The number of hydrogen-bond donors (Lipinski definition) is 2. The molecule has 0 spiro atoms. The fourth-order valence-electron chi connectivity index (χ4n) is 3.96. The Hall–Kier alpha value is -3.14. The van der Waals surface area contributed by atoms with Crippen molar-refractivity contribution in [1.82, 2.24) is 9.62 Å². The number of furan rings is 1. The fourth-order valence-corrected chi connectivity index (χ4v) is 5.10. The molecular weight excluding hydrogens is 432 g/mol. The molecule has 1 aromatic heterocycles. The average molecular weight is 459 g/mol. The minimum Gasteiger partial charge on any atom is -0.459 e. The van der Waals surface area contributed by atoms with Crippen LogP contribution in [0.2, 0.25) is 0 Å². The van der Waals surface area contributed by atoms with Crippen LogP contribution in [0.15, 0.2) is 57.0 Å². The Morgan fingerprint density at radius 2 is 1.97 bits per heavy atom. The summed E-state index contributed by atoms with van der Waals surface area (Å²) < 4.78 is 33.4. The largest absolute Gasteiger partial charge is 0.459 e. The van der Waals surface area contributed by atoms with Gasteiger partial charge in [-0.1, -0.05) is 12.5 Å². The molecule has 0 aliphatic carbocycles. The highest BCUT2D eigenvalue weighted by atomic mass is 32.2. The molecular formula is C22H26N4O5S. The van der Waals surface area contributed by atoms with Gasteiger partial charge in [0.25, 0.3) is 15.9 Å². The van der Waals surface area contributed by atoms with Crippen molar-refractivity contribution < 1.29 is 22.4 Å². The third kappa shape index (κ3) is 5.01. The molecule has 2 N–H and O–H groups in total. The normalized spacial score (nSPS) is 19.2. The number of benzene rings is 1. The molecule has 2 amide bonds. The summed E-state index contributed by atoms with van der Waals surface area (Å²) in [6.45, 7) is 1.07. The van der Waals surface area contributed by atoms with Crippen LogP contribution in [0.4, 0.5) is 5.69 Å². The molecule has 2 aromatic rings. The highest BCUT2D eigenvalue weighted by molar-refractivity contribution is 7.90. The van der Waals surface area contributed by atoms with E-state index in [1.54, 1.807) is 24.3 Å². The summed E-state index contributed by atoms with van der Waals surface area (Å²) >= 11 is 0. The van der Waals surface area contributed by atoms with E-state index in [1.807, 2.05) is 0 Å². The molecule has 4 rings (SSSR count). The van der Waals surface area contributed by atoms with Gasteiger partial charge < -0.3 is 14.6 Å². The van der Waals surface area contributed by atoms with Crippen LogP contribution in [0.25, 0.3) is 0 Å². The van der Waals surface area contributed by atoms with E-state index in [2.05, 4.69) is 15.0 Å². The number of carbonyl (C=O) groups is 2. The maximum atomic E-state index is 12.9. The lowest BCUT2D eigenvalue weighted by Crippen LogP contribution is -2.43. The number of aliphatic imine (C=N–C) groups is 1. The molecule has 1 saturated heterocycles. The number of carbonyl (C=O) groups excluding carboxylic acids is 2. The van der Waals surface area contributed by atoms with Gasteiger partial charge in [-0.2, -0.15) is 0 Å². The summed E-state index contributed by atoms with van der Waals surface area (Å²) in [6, 6.07) is 8.61. The molecule has 1 fully saturated rings. The van der Waals surface area contributed by atoms with Crippen LogP contribution in [-0.2, 0) is 14.8 Å². The summed E-state index contributed by atoms with van der Waals surface area (Å²) in [5.74, 6) is -0.0457. The van der Waals surface area contributed by atoms with Crippen LogP contribution < -0.4 is 10.0 Å². The van der Waals surface area contributed by atoms with E-state index in [9.17, 15) is 18.0 Å². The molecule has 1 aromatic carbocycles. The third-order valence-corrected chi connectivity index (χ3v) is 6.97. The van der Waals surface area contributed by atoms with Gasteiger partial charge in [0.05, 0.1) is 11.2 Å². The van der Waals surface area contributed by atoms with Crippen molar-refractivity contribution in [2.45, 2.75) is 49.5 Å². The van der Waals surface area contributed by atoms with Gasteiger partial charge in [0.2, 0.25) is 5.91 Å². The Kier molecular flexibility index (Phi) is 6.59. The molecule has 10 heteroatoms. The maximum Gasteiger partial charge on any atom is 0.290 e. The molecule has 0 bridgehead atoms. The molecule has 170 valence electrons. The van der Waals surface area contributed by atoms with Crippen molar-refractivity contribution in [3.63, 3.8) is 0 Å². The van der Waals surface area contributed by atoms with Gasteiger partial charge in [-0.05, 0) is 56.0 Å². The standard InChI is InChI=1S/C22H26N4O5S/c27-21(18-9-5-13-26(18)22(28)19-10-6-14-31-19)24-16-7-4-8-17(15-16)32(29,30)25-20-11-2-1-3-12-23-20/h4,6-8,10,14-15,18H,1-3,5,9,11-13H2,(H,23,25)(H,24,27)/t18-/m0/s1. The van der Waals surface area contributed by atoms with Crippen LogP contribution in [0.1, 0.15) is 49.1 Å². The number of hydrogen-bond acceptors (Lipinski definition) is 6. The highest BCUT2D eigenvalue weighted by Crippen LogP contribution is 2.23. The minimum absolute atomic E-state index is 0.0391. The first-order valence-corrected chi connectivity index (χ1v) is 12.2. The van der Waals surface area contributed by atoms with Gasteiger partial charge in [0, 0.05) is 25.2 Å². The van der Waals surface area contributed by atoms with Crippen molar-refractivity contribution >= 4 is 33.4 Å². The second-order valence-electron chi connectivity index (χ2n) is 7.90. The van der Waals surface area contributed by atoms with Gasteiger partial charge in [0.1, 0.15) is 11.9 Å². The first-order chi connectivity index (χ1) is 15.4. The first-order valence-electron chi connectivity index (χ1n) is 10.8. The topological polar surface area (TPSA) is 121 Å². The predicted molar refractivity (Wildman–Crippen MR) is 119 cm³/mol. The molecule has 1 atom stereocenters. The fraction of sp³-hybridized carbons (Fsp3) is 0.409. The van der Waals surface area contributed by atoms with Crippen LogP contribution in [0.3, 0.4) is 0 Å². The third-order valence-electron chi connectivity index (χ3n) is 5.59. The van der Waals surface area contributed by atoms with E-state index in [0.29, 0.717) is 43.9 Å². The number of rotatable bonds is 5. The Morgan fingerprint density at radius 3 is 2.78 bits per heavy atom. The number of likely N-dealkylation sites (tertiary alicyclic amines) is 1. The van der Waals surface area contributed by atoms with E-state index < -0.39 is 16.1 Å². The quantitative estimate of drug-likeness (QED) is 0.714. The molecule has 0 saturated carbocycles. The molecule has 0 radical (unpaired) electrons. The van der Waals surface area contributed by atoms with Crippen molar-refractivity contribution in [1.29, 1.82) is 0 Å². The van der Waals surface area contributed by atoms with E-state index in [0.717, 1.165) is 19.3 Å². The zero-order chi connectivity index (χ0) is 22.6. The van der Waals surface area contributed by atoms with E-state index in [1.165, 1.54) is 23.3 Å². The number of sulfonamides is 1. The lowest BCUT2D eigenvalue weighted by Gasteiger charge is -2.23. The molecule has 9 nitrogen and oxygen atoms in total. The summed E-state index contributed by atoms with van der Waals surface area (Å²) in [4.78, 5) is 31.4. The maximum absolute atomic E-state index is 12.9. The lowest BCUT2D eigenvalue weighted by atomic mass is 10.2. The SMILES string of the molecule is O=C(Nc1cccc(S(=O)(=O)NC2=NCCCCC2)c1)[C@@H]1CCCN1C(=O)c1ccco1. The van der Waals surface area contributed by atoms with Crippen molar-refractivity contribution in [3.8, 4) is 0 Å². The zero-order valence-electron chi connectivity index (χ0n) is 17.6. The van der Waals surface area contributed by atoms with Crippen LogP contribution in [0.5, 0.6) is 0 Å². The van der Waals surface area contributed by atoms with Gasteiger partial charge >= 0.3 is 0 Å². The first kappa shape index (κ1) is 22.1. The number of nitrogens with one attached hydrogen (secondary N) is 2. The van der Waals surface area contributed by atoms with Gasteiger partial charge in [-0.25, -0.2) is 8.42 Å². The molecule has 0 unspecified atom stereocenters. The summed E-state index contributed by atoms with van der Waals surface area (Å²) in [6.07, 6.45) is 6.11. The highest BCUT2D eigenvalue weighted by Gasteiger charge is 2.35. The van der Waals surface area contributed by atoms with Gasteiger partial charge in [-0.3, -0.25) is 19.3 Å². The Balaban J connectivity index is 1.45. The lowest BCUT2D eigenvalue weighted by molar-refractivity contribution is -0.119. The minimum atomic E-state index is -3.82. The van der Waals surface area contributed by atoms with E-state index in [4.69, 9.17) is 4.42 Å². The van der Waals surface area contributed by atoms with Crippen LogP contribution >= 0.6 is 0 Å².